The average Bonchev–Trinajstić information content (AvgIpc) is 2.92. The molecule has 3 nitrogen and oxygen atoms in total. The number of aromatic hydroxyl groups is 1. The number of aromatic nitrogens is 2. The Morgan fingerprint density at radius 3 is 3.12 bits per heavy atom. The van der Waals surface area contributed by atoms with Crippen LogP contribution >= 0.6 is 15.9 Å². The lowest BCUT2D eigenvalue weighted by atomic mass is 9.96. The highest BCUT2D eigenvalue weighted by Crippen LogP contribution is 2.40. The van der Waals surface area contributed by atoms with Gasteiger partial charge >= 0.3 is 0 Å². The second kappa shape index (κ2) is 4.18. The quantitative estimate of drug-likeness (QED) is 0.893. The fourth-order valence-corrected chi connectivity index (χ4v) is 2.97. The molecule has 1 atom stereocenters. The number of halogens is 1. The van der Waals surface area contributed by atoms with E-state index in [1.165, 1.54) is 11.1 Å². The summed E-state index contributed by atoms with van der Waals surface area (Å²) < 4.78 is 0.790. The van der Waals surface area contributed by atoms with Crippen LogP contribution < -0.4 is 0 Å². The molecule has 0 amide bonds. The summed E-state index contributed by atoms with van der Waals surface area (Å²) in [7, 11) is 0. The SMILES string of the molecule is Oc1cc2c(cc1Br)CCC2Cc1cnc[nH]1. The smallest absolute Gasteiger partial charge is 0.130 e. The Bertz CT molecular complexity index is 537. The molecule has 17 heavy (non-hydrogen) atoms. The van der Waals surface area contributed by atoms with Crippen LogP contribution in [0.1, 0.15) is 29.2 Å². The second-order valence-electron chi connectivity index (χ2n) is 4.52. The van der Waals surface area contributed by atoms with Crippen molar-refractivity contribution in [1.29, 1.82) is 0 Å². The molecule has 1 unspecified atom stereocenters. The van der Waals surface area contributed by atoms with Crippen LogP contribution in [0.4, 0.5) is 0 Å². The molecule has 0 saturated heterocycles. The van der Waals surface area contributed by atoms with Crippen molar-refractivity contribution >= 4 is 15.9 Å². The van der Waals surface area contributed by atoms with Crippen molar-refractivity contribution in [2.45, 2.75) is 25.2 Å². The van der Waals surface area contributed by atoms with Gasteiger partial charge in [-0.2, -0.15) is 0 Å². The lowest BCUT2D eigenvalue weighted by molar-refractivity contribution is 0.470. The topological polar surface area (TPSA) is 48.9 Å². The predicted molar refractivity (Wildman–Crippen MR) is 69.2 cm³/mol. The third-order valence-corrected chi connectivity index (χ3v) is 4.07. The first-order valence-corrected chi connectivity index (χ1v) is 6.52. The Balaban J connectivity index is 1.90. The summed E-state index contributed by atoms with van der Waals surface area (Å²) in [4.78, 5) is 7.18. The number of fused-ring (bicyclic) bond motifs is 1. The van der Waals surface area contributed by atoms with Gasteiger partial charge in [-0.15, -0.1) is 0 Å². The Hall–Kier alpha value is -1.29. The fourth-order valence-electron chi connectivity index (χ4n) is 2.57. The minimum atomic E-state index is 0.334. The van der Waals surface area contributed by atoms with Gasteiger partial charge in [0.05, 0.1) is 10.8 Å². The first-order chi connectivity index (χ1) is 8.24. The molecule has 0 bridgehead atoms. The van der Waals surface area contributed by atoms with Crippen molar-refractivity contribution < 1.29 is 5.11 Å². The molecular weight excluding hydrogens is 280 g/mol. The summed E-state index contributed by atoms with van der Waals surface area (Å²) in [5, 5.41) is 9.76. The third kappa shape index (κ3) is 1.97. The number of phenolic OH excluding ortho intramolecular Hbond substituents is 1. The highest BCUT2D eigenvalue weighted by Gasteiger charge is 2.24. The molecule has 3 rings (SSSR count). The van der Waals surface area contributed by atoms with Gasteiger partial charge < -0.3 is 10.1 Å². The molecule has 0 saturated carbocycles. The van der Waals surface area contributed by atoms with Crippen molar-refractivity contribution in [2.75, 3.05) is 0 Å². The monoisotopic (exact) mass is 292 g/mol. The normalized spacial score (nSPS) is 18.3. The molecule has 88 valence electrons. The van der Waals surface area contributed by atoms with Crippen LogP contribution in [0.15, 0.2) is 29.1 Å². The van der Waals surface area contributed by atoms with Crippen LogP contribution in [0.2, 0.25) is 0 Å². The van der Waals surface area contributed by atoms with E-state index < -0.39 is 0 Å². The molecule has 1 heterocycles. The first-order valence-electron chi connectivity index (χ1n) is 5.72. The zero-order chi connectivity index (χ0) is 11.8. The lowest BCUT2D eigenvalue weighted by Gasteiger charge is -2.11. The zero-order valence-electron chi connectivity index (χ0n) is 9.28. The van der Waals surface area contributed by atoms with Crippen molar-refractivity contribution in [3.63, 3.8) is 0 Å². The van der Waals surface area contributed by atoms with Crippen molar-refractivity contribution in [3.8, 4) is 5.75 Å². The van der Waals surface area contributed by atoms with Gasteiger partial charge in [0.15, 0.2) is 0 Å². The van der Waals surface area contributed by atoms with Crippen LogP contribution in [0.3, 0.4) is 0 Å². The first kappa shape index (κ1) is 10.8. The largest absolute Gasteiger partial charge is 0.507 e. The maximum Gasteiger partial charge on any atom is 0.130 e. The van der Waals surface area contributed by atoms with E-state index in [2.05, 4.69) is 25.9 Å². The number of aromatic amines is 1. The molecule has 0 radical (unpaired) electrons. The van der Waals surface area contributed by atoms with Gasteiger partial charge in [-0.1, -0.05) is 0 Å². The molecule has 1 aliphatic rings. The number of nitrogens with one attached hydrogen (secondary N) is 1. The molecular formula is C13H13BrN2O. The lowest BCUT2D eigenvalue weighted by Crippen LogP contribution is -1.99. The number of nitrogens with zero attached hydrogens (tertiary/aromatic N) is 1. The van der Waals surface area contributed by atoms with E-state index in [4.69, 9.17) is 0 Å². The van der Waals surface area contributed by atoms with Gasteiger partial charge in [0, 0.05) is 11.9 Å². The van der Waals surface area contributed by atoms with Crippen LogP contribution in [0, 0.1) is 0 Å². The minimum Gasteiger partial charge on any atom is -0.507 e. The Morgan fingerprint density at radius 2 is 2.35 bits per heavy atom. The number of benzene rings is 1. The Morgan fingerprint density at radius 1 is 1.47 bits per heavy atom. The highest BCUT2D eigenvalue weighted by molar-refractivity contribution is 9.10. The second-order valence-corrected chi connectivity index (χ2v) is 5.37. The summed E-state index contributed by atoms with van der Waals surface area (Å²) in [5.41, 5.74) is 3.78. The van der Waals surface area contributed by atoms with Crippen LogP contribution in [0.5, 0.6) is 5.75 Å². The van der Waals surface area contributed by atoms with E-state index in [9.17, 15) is 5.11 Å². The summed E-state index contributed by atoms with van der Waals surface area (Å²) in [6.45, 7) is 0. The molecule has 1 aromatic carbocycles. The van der Waals surface area contributed by atoms with Crippen LogP contribution in [0.25, 0.3) is 0 Å². The van der Waals surface area contributed by atoms with Gasteiger partial charge in [0.1, 0.15) is 5.75 Å². The molecule has 1 aliphatic carbocycles. The number of phenols is 1. The maximum absolute atomic E-state index is 9.76. The number of hydrogen-bond donors (Lipinski definition) is 2. The summed E-state index contributed by atoms with van der Waals surface area (Å²) in [5.74, 6) is 0.824. The Kier molecular flexibility index (Phi) is 2.67. The number of rotatable bonds is 2. The molecule has 1 aromatic heterocycles. The molecule has 2 aromatic rings. The van der Waals surface area contributed by atoms with E-state index in [0.717, 1.165) is 29.4 Å². The summed E-state index contributed by atoms with van der Waals surface area (Å²) in [6.07, 6.45) is 6.78. The number of aryl methyl sites for hydroxylation is 1. The molecule has 0 fully saturated rings. The molecule has 4 heteroatoms. The third-order valence-electron chi connectivity index (χ3n) is 3.43. The van der Waals surface area contributed by atoms with Gasteiger partial charge in [0.2, 0.25) is 0 Å². The van der Waals surface area contributed by atoms with E-state index in [0.29, 0.717) is 11.7 Å². The number of hydrogen-bond acceptors (Lipinski definition) is 2. The van der Waals surface area contributed by atoms with Crippen molar-refractivity contribution in [1.82, 2.24) is 9.97 Å². The van der Waals surface area contributed by atoms with E-state index in [1.807, 2.05) is 18.3 Å². The van der Waals surface area contributed by atoms with Gasteiger partial charge in [-0.05, 0) is 64.4 Å². The van der Waals surface area contributed by atoms with E-state index >= 15 is 0 Å². The van der Waals surface area contributed by atoms with E-state index in [-0.39, 0.29) is 0 Å². The summed E-state index contributed by atoms with van der Waals surface area (Å²) >= 11 is 3.36. The van der Waals surface area contributed by atoms with Crippen molar-refractivity contribution in [3.05, 3.63) is 46.0 Å². The predicted octanol–water partition coefficient (Wildman–Crippen LogP) is 3.15. The number of H-pyrrole nitrogens is 1. The van der Waals surface area contributed by atoms with Crippen molar-refractivity contribution in [2.24, 2.45) is 0 Å². The van der Waals surface area contributed by atoms with Gasteiger partial charge in [-0.3, -0.25) is 0 Å². The maximum atomic E-state index is 9.76. The highest BCUT2D eigenvalue weighted by atomic mass is 79.9. The zero-order valence-corrected chi connectivity index (χ0v) is 10.9. The number of imidazole rings is 1. The summed E-state index contributed by atoms with van der Waals surface area (Å²) in [6, 6.07) is 3.94. The Labute approximate surface area is 108 Å². The van der Waals surface area contributed by atoms with E-state index in [1.54, 1.807) is 6.33 Å². The molecule has 2 N–H and O–H groups in total. The molecule has 0 spiro atoms. The minimum absolute atomic E-state index is 0.334. The average molecular weight is 293 g/mol. The van der Waals surface area contributed by atoms with Gasteiger partial charge in [-0.25, -0.2) is 4.98 Å². The van der Waals surface area contributed by atoms with Gasteiger partial charge in [0.25, 0.3) is 0 Å². The standard InChI is InChI=1S/C13H13BrN2O/c14-12-4-9-2-1-8(11(9)5-13(12)17)3-10-6-15-7-16-10/h4-8,17H,1-3H2,(H,15,16). The van der Waals surface area contributed by atoms with Crippen LogP contribution in [-0.2, 0) is 12.8 Å². The van der Waals surface area contributed by atoms with Crippen LogP contribution in [-0.4, -0.2) is 15.1 Å². The fraction of sp³-hybridized carbons (Fsp3) is 0.308. The molecule has 0 aliphatic heterocycles.